The van der Waals surface area contributed by atoms with E-state index in [1.165, 1.54) is 10.4 Å². The van der Waals surface area contributed by atoms with Crippen molar-refractivity contribution in [3.8, 4) is 0 Å². The maximum absolute atomic E-state index is 12.3. The third-order valence-corrected chi connectivity index (χ3v) is 5.72. The smallest absolute Gasteiger partial charge is 0.164 e. The van der Waals surface area contributed by atoms with Crippen molar-refractivity contribution < 1.29 is 4.79 Å². The number of Topliss-reactive ketones (excluding diaryl/α,β-unsaturated/α-hetero) is 1. The first kappa shape index (κ1) is 14.9. The largest absolute Gasteiger partial charge is 0.296 e. The van der Waals surface area contributed by atoms with Gasteiger partial charge in [-0.3, -0.25) is 9.69 Å². The fourth-order valence-electron chi connectivity index (χ4n) is 2.89. The van der Waals surface area contributed by atoms with E-state index < -0.39 is 0 Å². The second kappa shape index (κ2) is 6.42. The molecule has 0 radical (unpaired) electrons. The number of ketones is 1. The van der Waals surface area contributed by atoms with Crippen LogP contribution >= 0.6 is 27.3 Å². The number of nitrogens with zero attached hydrogens (tertiary/aromatic N) is 1. The Morgan fingerprint density at radius 2 is 2.10 bits per heavy atom. The van der Waals surface area contributed by atoms with Gasteiger partial charge in [0, 0.05) is 40.5 Å². The molecule has 1 aromatic carbocycles. The van der Waals surface area contributed by atoms with Gasteiger partial charge in [0.1, 0.15) is 0 Å². The summed E-state index contributed by atoms with van der Waals surface area (Å²) in [5.41, 5.74) is 2.25. The zero-order valence-corrected chi connectivity index (χ0v) is 14.4. The molecule has 2 aromatic rings. The molecule has 0 saturated heterocycles. The monoisotopic (exact) mass is 363 g/mol. The molecule has 3 rings (SSSR count). The van der Waals surface area contributed by atoms with Gasteiger partial charge in [0.15, 0.2) is 5.78 Å². The normalized spacial score (nSPS) is 18.5. The summed E-state index contributed by atoms with van der Waals surface area (Å²) < 4.78 is 1.01. The number of thiophene rings is 1. The van der Waals surface area contributed by atoms with Crippen LogP contribution in [0.3, 0.4) is 0 Å². The van der Waals surface area contributed by atoms with Crippen LogP contribution in [0.25, 0.3) is 0 Å². The van der Waals surface area contributed by atoms with Crippen molar-refractivity contribution in [1.29, 1.82) is 0 Å². The summed E-state index contributed by atoms with van der Waals surface area (Å²) in [7, 11) is 0. The van der Waals surface area contributed by atoms with Gasteiger partial charge in [-0.1, -0.05) is 28.1 Å². The highest BCUT2D eigenvalue weighted by Gasteiger charge is 2.24. The van der Waals surface area contributed by atoms with Crippen LogP contribution in [-0.4, -0.2) is 23.8 Å². The number of hydrogen-bond acceptors (Lipinski definition) is 3. The van der Waals surface area contributed by atoms with Crippen molar-refractivity contribution >= 4 is 33.0 Å². The number of hydrogen-bond donors (Lipinski definition) is 0. The molecule has 1 atom stereocenters. The number of benzene rings is 1. The van der Waals surface area contributed by atoms with Gasteiger partial charge < -0.3 is 0 Å². The maximum atomic E-state index is 12.3. The Kier molecular flexibility index (Phi) is 4.57. The summed E-state index contributed by atoms with van der Waals surface area (Å²) in [6.45, 7) is 4.14. The Labute approximate surface area is 137 Å². The van der Waals surface area contributed by atoms with Gasteiger partial charge in [-0.25, -0.2) is 0 Å². The lowest BCUT2D eigenvalue weighted by molar-refractivity contribution is 0.0950. The molecule has 0 aliphatic carbocycles. The first-order valence-corrected chi connectivity index (χ1v) is 8.91. The minimum Gasteiger partial charge on any atom is -0.296 e. The molecule has 1 aliphatic heterocycles. The van der Waals surface area contributed by atoms with Gasteiger partial charge in [-0.15, -0.1) is 11.3 Å². The molecular weight excluding hydrogens is 346 g/mol. The topological polar surface area (TPSA) is 20.3 Å². The van der Waals surface area contributed by atoms with E-state index in [2.05, 4.69) is 39.2 Å². The summed E-state index contributed by atoms with van der Waals surface area (Å²) >= 11 is 5.25. The molecular formula is C17H18BrNOS. The summed E-state index contributed by atoms with van der Waals surface area (Å²) in [6, 6.07) is 10.3. The van der Waals surface area contributed by atoms with Gasteiger partial charge in [0.05, 0.1) is 0 Å². The molecule has 0 N–H and O–H groups in total. The van der Waals surface area contributed by atoms with Crippen LogP contribution in [0.5, 0.6) is 0 Å². The van der Waals surface area contributed by atoms with Gasteiger partial charge in [-0.2, -0.15) is 0 Å². The summed E-state index contributed by atoms with van der Waals surface area (Å²) in [4.78, 5) is 16.2. The van der Waals surface area contributed by atoms with E-state index in [-0.39, 0.29) is 5.78 Å². The Bertz CT molecular complexity index is 634. The lowest BCUT2D eigenvalue weighted by atomic mass is 10.0. The molecule has 0 bridgehead atoms. The summed E-state index contributed by atoms with van der Waals surface area (Å²) in [5, 5.41) is 2.18. The number of halogens is 1. The van der Waals surface area contributed by atoms with Crippen LogP contribution < -0.4 is 0 Å². The maximum Gasteiger partial charge on any atom is 0.164 e. The van der Waals surface area contributed by atoms with Gasteiger partial charge in [0.25, 0.3) is 0 Å². The second-order valence-corrected chi connectivity index (χ2v) is 7.36. The molecule has 4 heteroatoms. The fraction of sp³-hybridized carbons (Fsp3) is 0.353. The molecule has 0 saturated carbocycles. The highest BCUT2D eigenvalue weighted by molar-refractivity contribution is 9.10. The first-order chi connectivity index (χ1) is 10.1. The summed E-state index contributed by atoms with van der Waals surface area (Å²) in [5.74, 6) is 0.228. The predicted molar refractivity (Wildman–Crippen MR) is 91.1 cm³/mol. The molecule has 21 heavy (non-hydrogen) atoms. The van der Waals surface area contributed by atoms with E-state index in [1.807, 2.05) is 35.6 Å². The fourth-order valence-corrected chi connectivity index (χ4v) is 4.12. The van der Waals surface area contributed by atoms with Gasteiger partial charge >= 0.3 is 0 Å². The van der Waals surface area contributed by atoms with E-state index in [4.69, 9.17) is 0 Å². The van der Waals surface area contributed by atoms with Gasteiger partial charge in [-0.05, 0) is 42.5 Å². The molecule has 0 fully saturated rings. The van der Waals surface area contributed by atoms with Crippen molar-refractivity contribution in [1.82, 2.24) is 4.90 Å². The van der Waals surface area contributed by atoms with Gasteiger partial charge in [0.2, 0.25) is 0 Å². The van der Waals surface area contributed by atoms with Crippen molar-refractivity contribution in [3.05, 3.63) is 56.2 Å². The molecule has 1 aromatic heterocycles. The van der Waals surface area contributed by atoms with E-state index in [0.29, 0.717) is 12.5 Å². The zero-order valence-electron chi connectivity index (χ0n) is 12.0. The standard InChI is InChI=1S/C17H18BrNOS/c1-12-15-8-11-21-17(15)7-10-19(12)9-6-16(20)13-2-4-14(18)5-3-13/h2-5,8,11-12H,6-7,9-10H2,1H3. The average molecular weight is 364 g/mol. The molecule has 110 valence electrons. The second-order valence-electron chi connectivity index (χ2n) is 5.44. The molecule has 1 aliphatic rings. The number of carbonyl (C=O) groups excluding carboxylic acids is 1. The highest BCUT2D eigenvalue weighted by atomic mass is 79.9. The van der Waals surface area contributed by atoms with Crippen LogP contribution in [0.1, 0.15) is 40.2 Å². The molecule has 0 spiro atoms. The third-order valence-electron chi connectivity index (χ3n) is 4.20. The van der Waals surface area contributed by atoms with Crippen LogP contribution in [0.2, 0.25) is 0 Å². The predicted octanol–water partition coefficient (Wildman–Crippen LogP) is 4.70. The minimum atomic E-state index is 0.228. The molecule has 2 nitrogen and oxygen atoms in total. The molecule has 0 amide bonds. The van der Waals surface area contributed by atoms with Crippen molar-refractivity contribution in [2.45, 2.75) is 25.8 Å². The van der Waals surface area contributed by atoms with E-state index in [9.17, 15) is 4.79 Å². The Morgan fingerprint density at radius 3 is 2.86 bits per heavy atom. The van der Waals surface area contributed by atoms with Crippen molar-refractivity contribution in [3.63, 3.8) is 0 Å². The zero-order chi connectivity index (χ0) is 14.8. The number of rotatable bonds is 4. The van der Waals surface area contributed by atoms with Crippen LogP contribution in [0.15, 0.2) is 40.2 Å². The molecule has 2 heterocycles. The van der Waals surface area contributed by atoms with Crippen molar-refractivity contribution in [2.24, 2.45) is 0 Å². The Hall–Kier alpha value is -0.970. The number of carbonyl (C=O) groups is 1. The van der Waals surface area contributed by atoms with E-state index >= 15 is 0 Å². The summed E-state index contributed by atoms with van der Waals surface area (Å²) in [6.07, 6.45) is 1.70. The number of fused-ring (bicyclic) bond motifs is 1. The average Bonchev–Trinajstić information content (AvgIpc) is 2.96. The molecule has 1 unspecified atom stereocenters. The quantitative estimate of drug-likeness (QED) is 0.733. The Morgan fingerprint density at radius 1 is 1.33 bits per heavy atom. The van der Waals surface area contributed by atoms with E-state index in [0.717, 1.165) is 29.5 Å². The highest BCUT2D eigenvalue weighted by Crippen LogP contribution is 2.32. The Balaban J connectivity index is 1.61. The lowest BCUT2D eigenvalue weighted by Gasteiger charge is -2.33. The third kappa shape index (κ3) is 3.28. The van der Waals surface area contributed by atoms with Crippen LogP contribution in [-0.2, 0) is 6.42 Å². The lowest BCUT2D eigenvalue weighted by Crippen LogP contribution is -2.34. The minimum absolute atomic E-state index is 0.228. The van der Waals surface area contributed by atoms with Crippen molar-refractivity contribution in [2.75, 3.05) is 13.1 Å². The van der Waals surface area contributed by atoms with E-state index in [1.54, 1.807) is 0 Å². The SMILES string of the molecule is CC1c2ccsc2CCN1CCC(=O)c1ccc(Br)cc1. The van der Waals surface area contributed by atoms with Crippen LogP contribution in [0.4, 0.5) is 0 Å². The first-order valence-electron chi connectivity index (χ1n) is 7.24. The van der Waals surface area contributed by atoms with Crippen LogP contribution in [0, 0.1) is 0 Å².